The van der Waals surface area contributed by atoms with Crippen molar-refractivity contribution in [3.05, 3.63) is 59.2 Å². The molecule has 1 saturated heterocycles. The van der Waals surface area contributed by atoms with E-state index in [0.29, 0.717) is 17.0 Å². The van der Waals surface area contributed by atoms with Crippen LogP contribution in [0.3, 0.4) is 0 Å². The Hall–Kier alpha value is -3.35. The van der Waals surface area contributed by atoms with Crippen LogP contribution in [0.2, 0.25) is 0 Å². The van der Waals surface area contributed by atoms with Gasteiger partial charge in [-0.1, -0.05) is 38.1 Å². The topological polar surface area (TPSA) is 96.5 Å². The van der Waals surface area contributed by atoms with Crippen molar-refractivity contribution in [2.24, 2.45) is 0 Å². The second-order valence-corrected chi connectivity index (χ2v) is 7.65. The Morgan fingerprint density at radius 2 is 1.93 bits per heavy atom. The van der Waals surface area contributed by atoms with Gasteiger partial charge in [-0.15, -0.1) is 0 Å². The lowest BCUT2D eigenvalue weighted by Gasteiger charge is -2.21. The summed E-state index contributed by atoms with van der Waals surface area (Å²) in [6, 6.07) is 12.2. The molecule has 152 valence electrons. The van der Waals surface area contributed by atoms with Crippen LogP contribution in [0.1, 0.15) is 43.4 Å². The van der Waals surface area contributed by atoms with Gasteiger partial charge in [0.1, 0.15) is 11.3 Å². The van der Waals surface area contributed by atoms with E-state index in [9.17, 15) is 14.4 Å². The number of imide groups is 1. The smallest absolute Gasteiger partial charge is 0.322 e. The molecular formula is C22H25N3O4. The fraction of sp³-hybridized carbons (Fsp3) is 0.318. The molecule has 0 saturated carbocycles. The number of hydrogen-bond acceptors (Lipinski definition) is 4. The molecule has 0 unspecified atom stereocenters. The Balaban J connectivity index is 1.69. The summed E-state index contributed by atoms with van der Waals surface area (Å²) in [4.78, 5) is 36.0. The Bertz CT molecular complexity index is 970. The zero-order chi connectivity index (χ0) is 21.2. The molecule has 0 spiro atoms. The highest BCUT2D eigenvalue weighted by molar-refractivity contribution is 6.07. The van der Waals surface area contributed by atoms with Gasteiger partial charge in [-0.3, -0.25) is 14.9 Å². The Kier molecular flexibility index (Phi) is 5.59. The van der Waals surface area contributed by atoms with Crippen molar-refractivity contribution in [3.8, 4) is 5.75 Å². The van der Waals surface area contributed by atoms with Crippen LogP contribution in [0.5, 0.6) is 5.75 Å². The molecule has 1 atom stereocenters. The highest BCUT2D eigenvalue weighted by atomic mass is 16.5. The van der Waals surface area contributed by atoms with Crippen molar-refractivity contribution in [3.63, 3.8) is 0 Å². The van der Waals surface area contributed by atoms with Crippen LogP contribution >= 0.6 is 0 Å². The third-order valence-corrected chi connectivity index (χ3v) is 4.92. The molecule has 7 nitrogen and oxygen atoms in total. The fourth-order valence-corrected chi connectivity index (χ4v) is 3.24. The summed E-state index contributed by atoms with van der Waals surface area (Å²) in [7, 11) is 0. The van der Waals surface area contributed by atoms with E-state index in [1.54, 1.807) is 31.2 Å². The van der Waals surface area contributed by atoms with E-state index in [0.717, 1.165) is 11.1 Å². The van der Waals surface area contributed by atoms with Gasteiger partial charge in [0, 0.05) is 5.69 Å². The molecule has 7 heteroatoms. The lowest BCUT2D eigenvalue weighted by Crippen LogP contribution is -2.40. The summed E-state index contributed by atoms with van der Waals surface area (Å²) in [5.41, 5.74) is 2.01. The van der Waals surface area contributed by atoms with Crippen LogP contribution in [0.25, 0.3) is 0 Å². The maximum Gasteiger partial charge on any atom is 0.322 e. The van der Waals surface area contributed by atoms with Crippen molar-refractivity contribution in [2.45, 2.75) is 39.2 Å². The van der Waals surface area contributed by atoms with Crippen molar-refractivity contribution in [2.75, 3.05) is 11.9 Å². The largest absolute Gasteiger partial charge is 0.483 e. The number of hydrogen-bond donors (Lipinski definition) is 3. The van der Waals surface area contributed by atoms with Gasteiger partial charge in [0.25, 0.3) is 11.8 Å². The van der Waals surface area contributed by atoms with Crippen LogP contribution in [-0.2, 0) is 15.1 Å². The normalized spacial score (nSPS) is 18.4. The number of carbonyl (C=O) groups excluding carboxylic acids is 3. The van der Waals surface area contributed by atoms with Gasteiger partial charge in [-0.25, -0.2) is 4.79 Å². The third-order valence-electron chi connectivity index (χ3n) is 4.92. The van der Waals surface area contributed by atoms with Crippen molar-refractivity contribution >= 4 is 23.5 Å². The quantitative estimate of drug-likeness (QED) is 0.655. The second-order valence-electron chi connectivity index (χ2n) is 7.65. The number of carbonyl (C=O) groups is 3. The maximum atomic E-state index is 12.4. The fourth-order valence-electron chi connectivity index (χ4n) is 3.24. The molecule has 4 amide bonds. The SMILES string of the molecule is Cc1ccc(C(C)C)c(OCC(=O)Nc2cccc([C@]3(C)NC(=O)NC3=O)c2)c1. The maximum absolute atomic E-state index is 12.4. The van der Waals surface area contributed by atoms with Crippen LogP contribution in [0.15, 0.2) is 42.5 Å². The Morgan fingerprint density at radius 1 is 1.17 bits per heavy atom. The molecule has 1 aliphatic heterocycles. The van der Waals surface area contributed by atoms with Crippen molar-refractivity contribution in [1.82, 2.24) is 10.6 Å². The lowest BCUT2D eigenvalue weighted by atomic mass is 9.92. The second kappa shape index (κ2) is 7.95. The Morgan fingerprint density at radius 3 is 2.59 bits per heavy atom. The highest BCUT2D eigenvalue weighted by Crippen LogP contribution is 2.28. The summed E-state index contributed by atoms with van der Waals surface area (Å²) in [6.45, 7) is 7.59. The number of rotatable bonds is 6. The zero-order valence-corrected chi connectivity index (χ0v) is 17.0. The summed E-state index contributed by atoms with van der Waals surface area (Å²) in [6.07, 6.45) is 0. The molecule has 29 heavy (non-hydrogen) atoms. The molecule has 3 rings (SSSR count). The number of urea groups is 1. The zero-order valence-electron chi connectivity index (χ0n) is 17.0. The summed E-state index contributed by atoms with van der Waals surface area (Å²) in [5, 5.41) is 7.61. The molecule has 3 N–H and O–H groups in total. The van der Waals surface area contributed by atoms with E-state index >= 15 is 0 Å². The average Bonchev–Trinajstić information content (AvgIpc) is 2.93. The van der Waals surface area contributed by atoms with Gasteiger partial charge in [-0.2, -0.15) is 0 Å². The number of aryl methyl sites for hydroxylation is 1. The lowest BCUT2D eigenvalue weighted by molar-refractivity contribution is -0.123. The number of anilines is 1. The number of benzene rings is 2. The Labute approximate surface area is 169 Å². The van der Waals surface area contributed by atoms with Crippen molar-refractivity contribution in [1.29, 1.82) is 0 Å². The predicted molar refractivity (Wildman–Crippen MR) is 110 cm³/mol. The van der Waals surface area contributed by atoms with Crippen LogP contribution in [0.4, 0.5) is 10.5 Å². The van der Waals surface area contributed by atoms with Crippen LogP contribution in [-0.4, -0.2) is 24.5 Å². The van der Waals surface area contributed by atoms with Crippen LogP contribution < -0.4 is 20.7 Å². The minimum Gasteiger partial charge on any atom is -0.483 e. The first-order valence-electron chi connectivity index (χ1n) is 9.46. The molecular weight excluding hydrogens is 370 g/mol. The standard InChI is InChI=1S/C22H25N3O4/c1-13(2)17-9-8-14(3)10-18(17)29-12-19(26)23-16-7-5-6-15(11-16)22(4)20(27)24-21(28)25-22/h5-11,13H,12H2,1-4H3,(H,23,26)(H2,24,25,27,28)/t22-/m0/s1. The number of ether oxygens (including phenoxy) is 1. The monoisotopic (exact) mass is 395 g/mol. The molecule has 1 fully saturated rings. The van der Waals surface area contributed by atoms with E-state index in [1.807, 2.05) is 25.1 Å². The summed E-state index contributed by atoms with van der Waals surface area (Å²) >= 11 is 0. The average molecular weight is 395 g/mol. The molecule has 1 heterocycles. The number of nitrogens with one attached hydrogen (secondary N) is 3. The molecule has 0 aromatic heterocycles. The van der Waals surface area contributed by atoms with Crippen LogP contribution in [0, 0.1) is 6.92 Å². The molecule has 0 bridgehead atoms. The first-order valence-corrected chi connectivity index (χ1v) is 9.46. The first-order chi connectivity index (χ1) is 13.7. The van der Waals surface area contributed by atoms with Gasteiger partial charge in [0.05, 0.1) is 0 Å². The van der Waals surface area contributed by atoms with Gasteiger partial charge in [0.2, 0.25) is 0 Å². The molecule has 2 aromatic carbocycles. The van der Waals surface area contributed by atoms with Gasteiger partial charge in [-0.05, 0) is 54.7 Å². The predicted octanol–water partition coefficient (Wildman–Crippen LogP) is 3.19. The molecule has 2 aromatic rings. The van der Waals surface area contributed by atoms with Crippen molar-refractivity contribution < 1.29 is 19.1 Å². The van der Waals surface area contributed by atoms with E-state index in [2.05, 4.69) is 29.8 Å². The summed E-state index contributed by atoms with van der Waals surface area (Å²) < 4.78 is 5.76. The first kappa shape index (κ1) is 20.4. The van der Waals surface area contributed by atoms with E-state index in [1.165, 1.54) is 0 Å². The summed E-state index contributed by atoms with van der Waals surface area (Å²) in [5.74, 6) is 0.221. The minimum absolute atomic E-state index is 0.137. The minimum atomic E-state index is -1.18. The molecule has 1 aliphatic rings. The van der Waals surface area contributed by atoms with Gasteiger partial charge in [0.15, 0.2) is 6.61 Å². The number of amides is 4. The van der Waals surface area contributed by atoms with E-state index in [-0.39, 0.29) is 18.4 Å². The molecule has 0 radical (unpaired) electrons. The van der Waals surface area contributed by atoms with Gasteiger partial charge >= 0.3 is 6.03 Å². The van der Waals surface area contributed by atoms with Gasteiger partial charge < -0.3 is 15.4 Å². The van der Waals surface area contributed by atoms with E-state index in [4.69, 9.17) is 4.74 Å². The van der Waals surface area contributed by atoms with E-state index < -0.39 is 17.5 Å². The third kappa shape index (κ3) is 4.39. The molecule has 0 aliphatic carbocycles. The highest BCUT2D eigenvalue weighted by Gasteiger charge is 2.43.